The maximum atomic E-state index is 12.5. The monoisotopic (exact) mass is 308 g/mol. The van der Waals surface area contributed by atoms with Gasteiger partial charge in [-0.05, 0) is 48.6 Å². The molecule has 0 unspecified atom stereocenters. The third-order valence-corrected chi connectivity index (χ3v) is 4.81. The smallest absolute Gasteiger partial charge is 0.267 e. The number of hydrogen-bond acceptors (Lipinski definition) is 2. The van der Waals surface area contributed by atoms with Crippen molar-refractivity contribution in [3.05, 3.63) is 48.2 Å². The quantitative estimate of drug-likeness (QED) is 0.679. The molecule has 1 aromatic heterocycles. The summed E-state index contributed by atoms with van der Waals surface area (Å²) >= 11 is 0. The van der Waals surface area contributed by atoms with Gasteiger partial charge in [0.05, 0.1) is 6.10 Å². The van der Waals surface area contributed by atoms with Gasteiger partial charge in [0, 0.05) is 16.9 Å². The highest BCUT2D eigenvalue weighted by Crippen LogP contribution is 2.26. The first-order valence-electron chi connectivity index (χ1n) is 8.20. The lowest BCUT2D eigenvalue weighted by molar-refractivity contribution is 0.0864. The Labute approximate surface area is 134 Å². The summed E-state index contributed by atoms with van der Waals surface area (Å²) in [5, 5.41) is 16.0. The van der Waals surface area contributed by atoms with E-state index in [0.29, 0.717) is 5.69 Å². The molecule has 23 heavy (non-hydrogen) atoms. The Bertz CT molecular complexity index is 860. The Hall–Kier alpha value is -2.33. The molecule has 1 aliphatic carbocycles. The highest BCUT2D eigenvalue weighted by Gasteiger charge is 2.22. The second-order valence-corrected chi connectivity index (χ2v) is 6.41. The van der Waals surface area contributed by atoms with Crippen molar-refractivity contribution in [1.29, 1.82) is 0 Å². The maximum absolute atomic E-state index is 12.5. The molecule has 1 heterocycles. The summed E-state index contributed by atoms with van der Waals surface area (Å²) in [6.45, 7) is 0. The predicted molar refractivity (Wildman–Crippen MR) is 91.5 cm³/mol. The molecule has 1 aliphatic rings. The number of aromatic amines is 1. The van der Waals surface area contributed by atoms with E-state index in [4.69, 9.17) is 0 Å². The van der Waals surface area contributed by atoms with E-state index in [9.17, 15) is 9.90 Å². The number of benzene rings is 2. The summed E-state index contributed by atoms with van der Waals surface area (Å²) in [4.78, 5) is 15.7. The van der Waals surface area contributed by atoms with Crippen LogP contribution < -0.4 is 5.32 Å². The van der Waals surface area contributed by atoms with E-state index >= 15 is 0 Å². The van der Waals surface area contributed by atoms with E-state index in [1.165, 1.54) is 5.39 Å². The number of hydrogen-bond donors (Lipinski definition) is 3. The van der Waals surface area contributed by atoms with E-state index in [2.05, 4.69) is 28.5 Å². The molecule has 4 heteroatoms. The summed E-state index contributed by atoms with van der Waals surface area (Å²) in [5.74, 6) is -0.0633. The number of carbonyl (C=O) groups is 1. The third kappa shape index (κ3) is 2.70. The second kappa shape index (κ2) is 5.70. The first-order chi connectivity index (χ1) is 11.2. The number of nitrogens with one attached hydrogen (secondary N) is 2. The van der Waals surface area contributed by atoms with Gasteiger partial charge in [-0.25, -0.2) is 0 Å². The molecular formula is C19H20N2O2. The number of fused-ring (bicyclic) bond motifs is 3. The first-order valence-corrected chi connectivity index (χ1v) is 8.20. The van der Waals surface area contributed by atoms with Gasteiger partial charge in [-0.15, -0.1) is 0 Å². The van der Waals surface area contributed by atoms with Gasteiger partial charge in [0.25, 0.3) is 5.91 Å². The average Bonchev–Trinajstić information content (AvgIpc) is 3.02. The zero-order chi connectivity index (χ0) is 15.8. The molecule has 4 rings (SSSR count). The van der Waals surface area contributed by atoms with Crippen LogP contribution in [-0.2, 0) is 0 Å². The SMILES string of the molecule is O=C(NC1CCC(O)CC1)c1cc2c(ccc3ccccc32)[nH]1. The Balaban J connectivity index is 1.61. The van der Waals surface area contributed by atoms with Crippen LogP contribution in [0.15, 0.2) is 42.5 Å². The fourth-order valence-electron chi connectivity index (χ4n) is 3.49. The van der Waals surface area contributed by atoms with E-state index in [1.807, 2.05) is 24.3 Å². The minimum atomic E-state index is -0.206. The molecule has 0 atom stereocenters. The van der Waals surface area contributed by atoms with Gasteiger partial charge in [-0.1, -0.05) is 30.3 Å². The molecule has 1 saturated carbocycles. The fraction of sp³-hybridized carbons (Fsp3) is 0.316. The second-order valence-electron chi connectivity index (χ2n) is 6.41. The van der Waals surface area contributed by atoms with E-state index in [1.54, 1.807) is 0 Å². The number of rotatable bonds is 2. The summed E-state index contributed by atoms with van der Waals surface area (Å²) in [7, 11) is 0. The minimum Gasteiger partial charge on any atom is -0.393 e. The van der Waals surface area contributed by atoms with Crippen molar-refractivity contribution in [3.63, 3.8) is 0 Å². The van der Waals surface area contributed by atoms with Crippen molar-refractivity contribution in [3.8, 4) is 0 Å². The van der Waals surface area contributed by atoms with Crippen molar-refractivity contribution in [2.75, 3.05) is 0 Å². The van der Waals surface area contributed by atoms with E-state index in [-0.39, 0.29) is 18.1 Å². The Morgan fingerprint density at radius 1 is 1.04 bits per heavy atom. The molecule has 0 spiro atoms. The van der Waals surface area contributed by atoms with Gasteiger partial charge in [0.1, 0.15) is 5.69 Å². The van der Waals surface area contributed by atoms with Crippen LogP contribution >= 0.6 is 0 Å². The minimum absolute atomic E-state index is 0.0633. The Morgan fingerprint density at radius 2 is 1.83 bits per heavy atom. The number of carbonyl (C=O) groups excluding carboxylic acids is 1. The van der Waals surface area contributed by atoms with Gasteiger partial charge in [-0.3, -0.25) is 4.79 Å². The highest BCUT2D eigenvalue weighted by molar-refractivity contribution is 6.09. The zero-order valence-electron chi connectivity index (χ0n) is 12.9. The molecule has 0 radical (unpaired) electrons. The topological polar surface area (TPSA) is 65.1 Å². The van der Waals surface area contributed by atoms with Gasteiger partial charge in [-0.2, -0.15) is 0 Å². The Kier molecular flexibility index (Phi) is 3.54. The van der Waals surface area contributed by atoms with Gasteiger partial charge >= 0.3 is 0 Å². The molecule has 4 nitrogen and oxygen atoms in total. The van der Waals surface area contributed by atoms with Crippen LogP contribution in [0.3, 0.4) is 0 Å². The molecule has 0 saturated heterocycles. The number of aliphatic hydroxyl groups is 1. The predicted octanol–water partition coefficient (Wildman–Crippen LogP) is 3.35. The van der Waals surface area contributed by atoms with Crippen LogP contribution in [0.1, 0.15) is 36.2 Å². The number of amides is 1. The van der Waals surface area contributed by atoms with E-state index < -0.39 is 0 Å². The van der Waals surface area contributed by atoms with Crippen molar-refractivity contribution < 1.29 is 9.90 Å². The summed E-state index contributed by atoms with van der Waals surface area (Å²) in [6, 6.07) is 14.4. The molecule has 1 fully saturated rings. The fourth-order valence-corrected chi connectivity index (χ4v) is 3.49. The van der Waals surface area contributed by atoms with Crippen LogP contribution in [0.2, 0.25) is 0 Å². The lowest BCUT2D eigenvalue weighted by Gasteiger charge is -2.25. The lowest BCUT2D eigenvalue weighted by atomic mass is 9.93. The highest BCUT2D eigenvalue weighted by atomic mass is 16.3. The van der Waals surface area contributed by atoms with Crippen LogP contribution in [-0.4, -0.2) is 28.1 Å². The zero-order valence-corrected chi connectivity index (χ0v) is 12.9. The summed E-state index contributed by atoms with van der Waals surface area (Å²) in [6.07, 6.45) is 3.01. The van der Waals surface area contributed by atoms with Crippen LogP contribution in [0, 0.1) is 0 Å². The number of aliphatic hydroxyl groups excluding tert-OH is 1. The standard InChI is InChI=1S/C19H20N2O2/c22-14-8-6-13(7-9-14)20-19(23)18-11-16-15-4-2-1-3-12(15)5-10-17(16)21-18/h1-5,10-11,13-14,21-22H,6-9H2,(H,20,23). The molecule has 3 N–H and O–H groups in total. The lowest BCUT2D eigenvalue weighted by Crippen LogP contribution is -2.38. The van der Waals surface area contributed by atoms with Crippen molar-refractivity contribution in [2.45, 2.75) is 37.8 Å². The normalized spacial score (nSPS) is 21.6. The summed E-state index contributed by atoms with van der Waals surface area (Å²) in [5.41, 5.74) is 1.58. The molecular weight excluding hydrogens is 288 g/mol. The van der Waals surface area contributed by atoms with Crippen LogP contribution in [0.5, 0.6) is 0 Å². The van der Waals surface area contributed by atoms with Crippen molar-refractivity contribution in [1.82, 2.24) is 10.3 Å². The molecule has 2 aromatic carbocycles. The van der Waals surface area contributed by atoms with E-state index in [0.717, 1.165) is 42.0 Å². The van der Waals surface area contributed by atoms with Gasteiger partial charge in [0.15, 0.2) is 0 Å². The first kappa shape index (κ1) is 14.3. The van der Waals surface area contributed by atoms with Gasteiger partial charge < -0.3 is 15.4 Å². The molecule has 3 aromatic rings. The molecule has 1 amide bonds. The molecule has 118 valence electrons. The Morgan fingerprint density at radius 3 is 2.65 bits per heavy atom. The summed E-state index contributed by atoms with van der Waals surface area (Å²) < 4.78 is 0. The molecule has 0 bridgehead atoms. The third-order valence-electron chi connectivity index (χ3n) is 4.81. The molecule has 0 aliphatic heterocycles. The number of H-pyrrole nitrogens is 1. The average molecular weight is 308 g/mol. The van der Waals surface area contributed by atoms with Crippen molar-refractivity contribution >= 4 is 27.6 Å². The number of aromatic nitrogens is 1. The van der Waals surface area contributed by atoms with Crippen LogP contribution in [0.25, 0.3) is 21.7 Å². The maximum Gasteiger partial charge on any atom is 0.267 e. The van der Waals surface area contributed by atoms with Crippen molar-refractivity contribution in [2.24, 2.45) is 0 Å². The largest absolute Gasteiger partial charge is 0.393 e. The van der Waals surface area contributed by atoms with Crippen LogP contribution in [0.4, 0.5) is 0 Å². The van der Waals surface area contributed by atoms with Gasteiger partial charge in [0.2, 0.25) is 0 Å².